The Hall–Kier alpha value is -2.43. The summed E-state index contributed by atoms with van der Waals surface area (Å²) in [6.07, 6.45) is 0. The zero-order valence-electron chi connectivity index (χ0n) is 9.98. The van der Waals surface area contributed by atoms with E-state index in [0.29, 0.717) is 5.56 Å². The molecule has 0 aliphatic carbocycles. The van der Waals surface area contributed by atoms with Gasteiger partial charge in [-0.1, -0.05) is 6.07 Å². The average Bonchev–Trinajstić information content (AvgIpc) is 2.37. The molecule has 5 heteroatoms. The largest absolute Gasteiger partial charge is 0.496 e. The Kier molecular flexibility index (Phi) is 3.46. The molecule has 0 aliphatic rings. The van der Waals surface area contributed by atoms with Crippen LogP contribution in [0.25, 0.3) is 11.1 Å². The second-order valence-electron chi connectivity index (χ2n) is 3.84. The van der Waals surface area contributed by atoms with E-state index in [-0.39, 0.29) is 16.9 Å². The molecule has 0 amide bonds. The van der Waals surface area contributed by atoms with Crippen LogP contribution in [-0.2, 0) is 0 Å². The number of carboxylic acids is 1. The molecule has 1 N–H and O–H groups in total. The van der Waals surface area contributed by atoms with Crippen molar-refractivity contribution in [2.75, 3.05) is 7.11 Å². The lowest BCUT2D eigenvalue weighted by Crippen LogP contribution is -2.00. The van der Waals surface area contributed by atoms with Crippen molar-refractivity contribution < 1.29 is 23.4 Å². The first kappa shape index (κ1) is 13.0. The minimum absolute atomic E-state index is 0.0197. The van der Waals surface area contributed by atoms with Crippen LogP contribution in [0.5, 0.6) is 5.75 Å². The van der Waals surface area contributed by atoms with Crippen molar-refractivity contribution in [3.63, 3.8) is 0 Å². The highest BCUT2D eigenvalue weighted by molar-refractivity contribution is 5.92. The third kappa shape index (κ3) is 2.54. The van der Waals surface area contributed by atoms with Gasteiger partial charge < -0.3 is 9.84 Å². The highest BCUT2D eigenvalue weighted by Crippen LogP contribution is 2.29. The number of carboxylic acid groups (broad SMARTS) is 1. The number of carbonyl (C=O) groups is 1. The fourth-order valence-electron chi connectivity index (χ4n) is 1.76. The van der Waals surface area contributed by atoms with Gasteiger partial charge in [-0.3, -0.25) is 0 Å². The number of benzene rings is 2. The van der Waals surface area contributed by atoms with Crippen LogP contribution in [-0.4, -0.2) is 18.2 Å². The maximum absolute atomic E-state index is 13.6. The van der Waals surface area contributed by atoms with E-state index < -0.39 is 17.6 Å². The molecule has 2 aromatic rings. The van der Waals surface area contributed by atoms with E-state index >= 15 is 0 Å². The molecular formula is C14H10F2O3. The quantitative estimate of drug-likeness (QED) is 0.924. The Morgan fingerprint density at radius 3 is 2.47 bits per heavy atom. The van der Waals surface area contributed by atoms with E-state index in [0.717, 1.165) is 12.1 Å². The van der Waals surface area contributed by atoms with Gasteiger partial charge in [0.05, 0.1) is 7.11 Å². The zero-order chi connectivity index (χ0) is 14.0. The van der Waals surface area contributed by atoms with Crippen molar-refractivity contribution in [1.29, 1.82) is 0 Å². The summed E-state index contributed by atoms with van der Waals surface area (Å²) in [6, 6.07) is 7.37. The van der Waals surface area contributed by atoms with Crippen LogP contribution < -0.4 is 4.74 Å². The van der Waals surface area contributed by atoms with Crippen molar-refractivity contribution in [2.24, 2.45) is 0 Å². The van der Waals surface area contributed by atoms with E-state index in [1.54, 1.807) is 0 Å². The van der Waals surface area contributed by atoms with E-state index in [1.807, 2.05) is 0 Å². The zero-order valence-corrected chi connectivity index (χ0v) is 9.98. The molecule has 0 saturated heterocycles. The number of methoxy groups -OCH3 is 1. The molecular weight excluding hydrogens is 254 g/mol. The predicted octanol–water partition coefficient (Wildman–Crippen LogP) is 3.34. The van der Waals surface area contributed by atoms with Gasteiger partial charge in [0.25, 0.3) is 0 Å². The molecule has 0 unspecified atom stereocenters. The lowest BCUT2D eigenvalue weighted by molar-refractivity contribution is 0.0693. The summed E-state index contributed by atoms with van der Waals surface area (Å²) in [4.78, 5) is 10.9. The smallest absolute Gasteiger partial charge is 0.339 e. The van der Waals surface area contributed by atoms with Crippen LogP contribution in [0.15, 0.2) is 36.4 Å². The van der Waals surface area contributed by atoms with Gasteiger partial charge in [-0.15, -0.1) is 0 Å². The average molecular weight is 264 g/mol. The summed E-state index contributed by atoms with van der Waals surface area (Å²) in [6.45, 7) is 0. The summed E-state index contributed by atoms with van der Waals surface area (Å²) in [5, 5.41) is 8.95. The Morgan fingerprint density at radius 1 is 1.16 bits per heavy atom. The summed E-state index contributed by atoms with van der Waals surface area (Å²) in [7, 11) is 1.33. The Morgan fingerprint density at radius 2 is 1.89 bits per heavy atom. The van der Waals surface area contributed by atoms with Gasteiger partial charge in [-0.05, 0) is 29.8 Å². The molecule has 2 aromatic carbocycles. The first-order valence-corrected chi connectivity index (χ1v) is 5.39. The second-order valence-corrected chi connectivity index (χ2v) is 3.84. The first-order valence-electron chi connectivity index (χ1n) is 5.39. The van der Waals surface area contributed by atoms with Gasteiger partial charge in [0.15, 0.2) is 0 Å². The molecule has 0 bridgehead atoms. The molecule has 0 radical (unpaired) electrons. The molecule has 0 atom stereocenters. The van der Waals surface area contributed by atoms with E-state index in [4.69, 9.17) is 9.84 Å². The molecule has 98 valence electrons. The number of halogens is 2. The van der Waals surface area contributed by atoms with Gasteiger partial charge in [0.2, 0.25) is 0 Å². The number of ether oxygens (including phenoxy) is 1. The number of hydrogen-bond acceptors (Lipinski definition) is 2. The summed E-state index contributed by atoms with van der Waals surface area (Å²) >= 11 is 0. The molecule has 0 aliphatic heterocycles. The summed E-state index contributed by atoms with van der Waals surface area (Å²) < 4.78 is 31.4. The Labute approximate surface area is 108 Å². The van der Waals surface area contributed by atoms with Crippen LogP contribution in [0.2, 0.25) is 0 Å². The Bertz CT molecular complexity index is 639. The minimum Gasteiger partial charge on any atom is -0.496 e. The van der Waals surface area contributed by atoms with Gasteiger partial charge in [-0.25, -0.2) is 13.6 Å². The fraction of sp³-hybridized carbons (Fsp3) is 0.0714. The van der Waals surface area contributed by atoms with Crippen LogP contribution in [0.4, 0.5) is 8.78 Å². The maximum Gasteiger partial charge on any atom is 0.339 e. The van der Waals surface area contributed by atoms with E-state index in [9.17, 15) is 13.6 Å². The number of rotatable bonds is 3. The lowest BCUT2D eigenvalue weighted by atomic mass is 10.0. The highest BCUT2D eigenvalue weighted by atomic mass is 19.1. The van der Waals surface area contributed by atoms with Gasteiger partial charge >= 0.3 is 5.97 Å². The number of hydrogen-bond donors (Lipinski definition) is 1. The molecule has 3 nitrogen and oxygen atoms in total. The fourth-order valence-corrected chi connectivity index (χ4v) is 1.76. The molecule has 19 heavy (non-hydrogen) atoms. The molecule has 0 aromatic heterocycles. The lowest BCUT2D eigenvalue weighted by Gasteiger charge is -2.09. The summed E-state index contributed by atoms with van der Waals surface area (Å²) in [5.74, 6) is -2.41. The van der Waals surface area contributed by atoms with Crippen molar-refractivity contribution in [3.05, 3.63) is 53.6 Å². The summed E-state index contributed by atoms with van der Waals surface area (Å²) in [5.41, 5.74) is 0.574. The normalized spacial score (nSPS) is 10.3. The predicted molar refractivity (Wildman–Crippen MR) is 65.3 cm³/mol. The minimum atomic E-state index is -1.14. The Balaban J connectivity index is 2.54. The van der Waals surface area contributed by atoms with Gasteiger partial charge in [0.1, 0.15) is 22.9 Å². The van der Waals surface area contributed by atoms with Crippen molar-refractivity contribution in [1.82, 2.24) is 0 Å². The monoisotopic (exact) mass is 264 g/mol. The molecule has 0 heterocycles. The van der Waals surface area contributed by atoms with Crippen LogP contribution in [0.1, 0.15) is 10.4 Å². The third-order valence-corrected chi connectivity index (χ3v) is 2.67. The SMILES string of the molecule is COc1cc(-c2ccc(F)cc2F)ccc1C(=O)O. The molecule has 2 rings (SSSR count). The van der Waals surface area contributed by atoms with Crippen LogP contribution >= 0.6 is 0 Å². The first-order chi connectivity index (χ1) is 9.02. The van der Waals surface area contributed by atoms with Crippen LogP contribution in [0.3, 0.4) is 0 Å². The molecule has 0 fully saturated rings. The van der Waals surface area contributed by atoms with Crippen molar-refractivity contribution >= 4 is 5.97 Å². The topological polar surface area (TPSA) is 46.5 Å². The van der Waals surface area contributed by atoms with Crippen LogP contribution in [0, 0.1) is 11.6 Å². The molecule has 0 saturated carbocycles. The van der Waals surface area contributed by atoms with Crippen molar-refractivity contribution in [3.8, 4) is 16.9 Å². The highest BCUT2D eigenvalue weighted by Gasteiger charge is 2.13. The van der Waals surface area contributed by atoms with E-state index in [2.05, 4.69) is 0 Å². The second kappa shape index (κ2) is 5.06. The third-order valence-electron chi connectivity index (χ3n) is 2.67. The standard InChI is InChI=1S/C14H10F2O3/c1-19-13-6-8(2-4-11(13)14(17)18)10-5-3-9(15)7-12(10)16/h2-7H,1H3,(H,17,18). The number of aromatic carboxylic acids is 1. The van der Waals surface area contributed by atoms with E-state index in [1.165, 1.54) is 31.4 Å². The van der Waals surface area contributed by atoms with Crippen molar-refractivity contribution in [2.45, 2.75) is 0 Å². The van der Waals surface area contributed by atoms with Gasteiger partial charge in [-0.2, -0.15) is 0 Å². The molecule has 0 spiro atoms. The maximum atomic E-state index is 13.6. The van der Waals surface area contributed by atoms with Gasteiger partial charge in [0, 0.05) is 11.6 Å².